The molecule has 4 fully saturated rings. The molecule has 4 rings (SSSR count). The molecule has 30 heavy (non-hydrogen) atoms. The highest BCUT2D eigenvalue weighted by atomic mass is 16.5. The third kappa shape index (κ3) is 4.85. The van der Waals surface area contributed by atoms with Gasteiger partial charge in [0.25, 0.3) is 0 Å². The van der Waals surface area contributed by atoms with Crippen molar-refractivity contribution in [2.45, 2.75) is 89.3 Å². The third-order valence-electron chi connectivity index (χ3n) is 8.77. The molecular formula is C24H38O6. The zero-order valence-corrected chi connectivity index (χ0v) is 18.0. The second kappa shape index (κ2) is 9.99. The summed E-state index contributed by atoms with van der Waals surface area (Å²) in [6.45, 7) is -0.343. The standard InChI is InChI=1S/C24H38O6/c25-23(26)13-29-21-11-9-17(15-5-1-3-7-19(15)21)18-10-12-22(30-14-24(27)28)20-8-4-2-6-16(18)20/h15-22H,1-14H2,(H,25,26)(H,27,28). The van der Waals surface area contributed by atoms with Crippen molar-refractivity contribution in [1.82, 2.24) is 0 Å². The average molecular weight is 423 g/mol. The van der Waals surface area contributed by atoms with Gasteiger partial charge in [0.1, 0.15) is 13.2 Å². The fraction of sp³-hybridized carbons (Fsp3) is 0.917. The number of rotatable bonds is 7. The Bertz CT molecular complexity index is 555. The molecule has 0 bridgehead atoms. The van der Waals surface area contributed by atoms with E-state index in [1.807, 2.05) is 0 Å². The number of fused-ring (bicyclic) bond motifs is 2. The summed E-state index contributed by atoms with van der Waals surface area (Å²) in [6.07, 6.45) is 14.4. The summed E-state index contributed by atoms with van der Waals surface area (Å²) in [6, 6.07) is 0. The Morgan fingerprint density at radius 1 is 0.533 bits per heavy atom. The molecule has 0 spiro atoms. The summed E-state index contributed by atoms with van der Waals surface area (Å²) in [5.41, 5.74) is 0. The van der Waals surface area contributed by atoms with E-state index in [9.17, 15) is 9.59 Å². The lowest BCUT2D eigenvalue weighted by Crippen LogP contribution is -2.50. The summed E-state index contributed by atoms with van der Waals surface area (Å²) in [4.78, 5) is 22.0. The molecular weight excluding hydrogens is 384 g/mol. The van der Waals surface area contributed by atoms with Crippen LogP contribution in [0.15, 0.2) is 0 Å². The van der Waals surface area contributed by atoms with Crippen molar-refractivity contribution in [3.8, 4) is 0 Å². The molecule has 8 atom stereocenters. The first kappa shape index (κ1) is 22.1. The molecule has 0 aromatic rings. The Morgan fingerprint density at radius 2 is 0.867 bits per heavy atom. The minimum absolute atomic E-state index is 0.111. The van der Waals surface area contributed by atoms with Crippen LogP contribution in [0.4, 0.5) is 0 Å². The average Bonchev–Trinajstić information content (AvgIpc) is 2.75. The van der Waals surface area contributed by atoms with Gasteiger partial charge in [-0.1, -0.05) is 25.7 Å². The van der Waals surface area contributed by atoms with Crippen molar-refractivity contribution in [3.63, 3.8) is 0 Å². The zero-order valence-electron chi connectivity index (χ0n) is 18.0. The maximum Gasteiger partial charge on any atom is 0.329 e. The van der Waals surface area contributed by atoms with Crippen LogP contribution in [0.2, 0.25) is 0 Å². The van der Waals surface area contributed by atoms with Gasteiger partial charge >= 0.3 is 11.9 Å². The molecule has 0 aromatic carbocycles. The molecule has 0 amide bonds. The van der Waals surface area contributed by atoms with Gasteiger partial charge in [0, 0.05) is 0 Å². The number of carbonyl (C=O) groups is 2. The smallest absolute Gasteiger partial charge is 0.329 e. The largest absolute Gasteiger partial charge is 0.480 e. The first-order chi connectivity index (χ1) is 14.5. The van der Waals surface area contributed by atoms with E-state index < -0.39 is 11.9 Å². The van der Waals surface area contributed by atoms with E-state index in [1.54, 1.807) is 0 Å². The van der Waals surface area contributed by atoms with Gasteiger partial charge in [-0.3, -0.25) is 0 Å². The van der Waals surface area contributed by atoms with E-state index >= 15 is 0 Å². The van der Waals surface area contributed by atoms with Crippen LogP contribution >= 0.6 is 0 Å². The van der Waals surface area contributed by atoms with E-state index in [4.69, 9.17) is 19.7 Å². The molecule has 2 N–H and O–H groups in total. The van der Waals surface area contributed by atoms with Gasteiger partial charge in [-0.25, -0.2) is 9.59 Å². The van der Waals surface area contributed by atoms with Crippen LogP contribution in [0.25, 0.3) is 0 Å². The lowest BCUT2D eigenvalue weighted by molar-refractivity contribution is -0.155. The summed E-state index contributed by atoms with van der Waals surface area (Å²) in [5.74, 6) is 2.05. The molecule has 0 aliphatic heterocycles. The van der Waals surface area contributed by atoms with E-state index in [-0.39, 0.29) is 25.4 Å². The molecule has 4 saturated carbocycles. The lowest BCUT2D eigenvalue weighted by atomic mass is 9.53. The second-order valence-electron chi connectivity index (χ2n) is 10.2. The van der Waals surface area contributed by atoms with Crippen LogP contribution in [0.1, 0.15) is 77.0 Å². The molecule has 0 heterocycles. The molecule has 0 aromatic heterocycles. The summed E-state index contributed by atoms with van der Waals surface area (Å²) in [7, 11) is 0. The Labute approximate surface area is 179 Å². The molecule has 0 saturated heterocycles. The van der Waals surface area contributed by atoms with E-state index in [1.165, 1.54) is 51.4 Å². The molecule has 8 unspecified atom stereocenters. The molecule has 4 aliphatic carbocycles. The first-order valence-electron chi connectivity index (χ1n) is 12.2. The fourth-order valence-electron chi connectivity index (χ4n) is 7.77. The van der Waals surface area contributed by atoms with Crippen LogP contribution in [0.3, 0.4) is 0 Å². The monoisotopic (exact) mass is 422 g/mol. The highest BCUT2D eigenvalue weighted by Crippen LogP contribution is 2.55. The summed E-state index contributed by atoms with van der Waals surface area (Å²) >= 11 is 0. The number of carboxylic acid groups (broad SMARTS) is 2. The number of hydrogen-bond acceptors (Lipinski definition) is 4. The Kier molecular flexibility index (Phi) is 7.35. The predicted octanol–water partition coefficient (Wildman–Crippen LogP) is 4.36. The Hall–Kier alpha value is -1.14. The topological polar surface area (TPSA) is 93.1 Å². The quantitative estimate of drug-likeness (QED) is 0.633. The van der Waals surface area contributed by atoms with Gasteiger partial charge in [0.2, 0.25) is 0 Å². The Balaban J connectivity index is 1.46. The van der Waals surface area contributed by atoms with E-state index in [0.29, 0.717) is 35.5 Å². The number of aliphatic carboxylic acids is 2. The minimum Gasteiger partial charge on any atom is -0.480 e. The van der Waals surface area contributed by atoms with Crippen molar-refractivity contribution in [2.75, 3.05) is 13.2 Å². The van der Waals surface area contributed by atoms with Gasteiger partial charge in [-0.15, -0.1) is 0 Å². The minimum atomic E-state index is -0.866. The number of hydrogen-bond donors (Lipinski definition) is 2. The SMILES string of the molecule is O=C(O)COC1CCC(C2CCC(OCC(=O)O)C3CCCCC32)C2CCCCC12. The molecule has 4 aliphatic rings. The van der Waals surface area contributed by atoms with Gasteiger partial charge < -0.3 is 19.7 Å². The summed E-state index contributed by atoms with van der Waals surface area (Å²) < 4.78 is 11.7. The predicted molar refractivity (Wildman–Crippen MR) is 111 cm³/mol. The maximum atomic E-state index is 11.0. The van der Waals surface area contributed by atoms with Gasteiger partial charge in [-0.05, 0) is 86.9 Å². The molecule has 6 nitrogen and oxygen atoms in total. The van der Waals surface area contributed by atoms with E-state index in [0.717, 1.165) is 25.7 Å². The summed E-state index contributed by atoms with van der Waals surface area (Å²) in [5, 5.41) is 18.1. The third-order valence-corrected chi connectivity index (χ3v) is 8.77. The molecule has 6 heteroatoms. The van der Waals surface area contributed by atoms with Crippen molar-refractivity contribution >= 4 is 11.9 Å². The van der Waals surface area contributed by atoms with Gasteiger partial charge in [-0.2, -0.15) is 0 Å². The van der Waals surface area contributed by atoms with Crippen molar-refractivity contribution in [2.24, 2.45) is 35.5 Å². The van der Waals surface area contributed by atoms with Crippen LogP contribution in [0, 0.1) is 35.5 Å². The van der Waals surface area contributed by atoms with Crippen molar-refractivity contribution in [1.29, 1.82) is 0 Å². The second-order valence-corrected chi connectivity index (χ2v) is 10.2. The van der Waals surface area contributed by atoms with Crippen LogP contribution in [-0.2, 0) is 19.1 Å². The highest BCUT2D eigenvalue weighted by Gasteiger charge is 2.49. The number of carboxylic acids is 2. The van der Waals surface area contributed by atoms with Crippen LogP contribution in [0.5, 0.6) is 0 Å². The lowest BCUT2D eigenvalue weighted by Gasteiger charge is -2.54. The van der Waals surface area contributed by atoms with Crippen LogP contribution in [-0.4, -0.2) is 47.6 Å². The van der Waals surface area contributed by atoms with E-state index in [2.05, 4.69) is 0 Å². The first-order valence-corrected chi connectivity index (χ1v) is 12.2. The van der Waals surface area contributed by atoms with Crippen molar-refractivity contribution < 1.29 is 29.3 Å². The maximum absolute atomic E-state index is 11.0. The fourth-order valence-corrected chi connectivity index (χ4v) is 7.77. The number of ether oxygens (including phenoxy) is 2. The normalized spacial score (nSPS) is 41.5. The molecule has 0 radical (unpaired) electrons. The zero-order chi connectivity index (χ0) is 21.1. The molecule has 170 valence electrons. The van der Waals surface area contributed by atoms with Gasteiger partial charge in [0.15, 0.2) is 0 Å². The Morgan fingerprint density at radius 3 is 1.23 bits per heavy atom. The van der Waals surface area contributed by atoms with Gasteiger partial charge in [0.05, 0.1) is 12.2 Å². The van der Waals surface area contributed by atoms with Crippen molar-refractivity contribution in [3.05, 3.63) is 0 Å². The highest BCUT2D eigenvalue weighted by molar-refractivity contribution is 5.68. The van der Waals surface area contributed by atoms with Crippen LogP contribution < -0.4 is 0 Å².